The summed E-state index contributed by atoms with van der Waals surface area (Å²) in [5.41, 5.74) is 1.57. The number of anilines is 1. The molecule has 1 aliphatic rings. The topological polar surface area (TPSA) is 67.9 Å². The van der Waals surface area contributed by atoms with Crippen molar-refractivity contribution in [3.63, 3.8) is 0 Å². The van der Waals surface area contributed by atoms with Crippen LogP contribution in [0.3, 0.4) is 0 Å². The molecule has 1 aromatic rings. The minimum atomic E-state index is -0.477. The highest BCUT2D eigenvalue weighted by Crippen LogP contribution is 2.12. The van der Waals surface area contributed by atoms with Crippen molar-refractivity contribution in [2.45, 2.75) is 13.3 Å². The molecule has 0 bridgehead atoms. The highest BCUT2D eigenvalue weighted by molar-refractivity contribution is 5.84. The summed E-state index contributed by atoms with van der Waals surface area (Å²) in [4.78, 5) is 25.2. The summed E-state index contributed by atoms with van der Waals surface area (Å²) in [6, 6.07) is 7.19. The molecule has 2 rings (SSSR count). The highest BCUT2D eigenvalue weighted by atomic mass is 16.5. The Kier molecular flexibility index (Phi) is 5.57. The second-order valence-corrected chi connectivity index (χ2v) is 4.71. The molecule has 21 heavy (non-hydrogen) atoms. The van der Waals surface area contributed by atoms with Crippen molar-refractivity contribution in [1.29, 1.82) is 0 Å². The van der Waals surface area contributed by atoms with E-state index in [1.54, 1.807) is 19.1 Å². The number of rotatable bonds is 4. The molecule has 0 radical (unpaired) electrons. The van der Waals surface area contributed by atoms with E-state index >= 15 is 0 Å². The van der Waals surface area contributed by atoms with Gasteiger partial charge >= 0.3 is 6.09 Å². The molecule has 2 amide bonds. The number of ether oxygens (including phenoxy) is 2. The molecule has 0 aromatic heterocycles. The van der Waals surface area contributed by atoms with Gasteiger partial charge in [-0.05, 0) is 24.6 Å². The molecule has 6 heteroatoms. The van der Waals surface area contributed by atoms with Gasteiger partial charge in [-0.25, -0.2) is 4.79 Å². The van der Waals surface area contributed by atoms with Gasteiger partial charge in [0.05, 0.1) is 26.2 Å². The quantitative estimate of drug-likeness (QED) is 0.916. The van der Waals surface area contributed by atoms with Gasteiger partial charge in [0.25, 0.3) is 0 Å². The summed E-state index contributed by atoms with van der Waals surface area (Å²) >= 11 is 0. The normalized spacial score (nSPS) is 14.6. The summed E-state index contributed by atoms with van der Waals surface area (Å²) in [6.45, 7) is 4.60. The van der Waals surface area contributed by atoms with Gasteiger partial charge in [0.1, 0.15) is 0 Å². The second kappa shape index (κ2) is 7.64. The van der Waals surface area contributed by atoms with E-state index in [2.05, 4.69) is 5.32 Å². The van der Waals surface area contributed by atoms with Crippen molar-refractivity contribution in [1.82, 2.24) is 4.90 Å². The fourth-order valence-electron chi connectivity index (χ4n) is 2.09. The van der Waals surface area contributed by atoms with E-state index < -0.39 is 6.09 Å². The molecule has 1 heterocycles. The van der Waals surface area contributed by atoms with Gasteiger partial charge in [-0.1, -0.05) is 12.1 Å². The molecule has 1 fully saturated rings. The third kappa shape index (κ3) is 4.75. The second-order valence-electron chi connectivity index (χ2n) is 4.71. The standard InChI is InChI=1S/C15H20N2O4/c1-2-21-15(19)16-13-5-3-12(4-6-13)11-14(18)17-7-9-20-10-8-17/h3-6H,2,7-11H2,1H3,(H,16,19). The van der Waals surface area contributed by atoms with Crippen molar-refractivity contribution in [3.05, 3.63) is 29.8 Å². The number of benzene rings is 1. The summed E-state index contributed by atoms with van der Waals surface area (Å²) < 4.78 is 10.0. The van der Waals surface area contributed by atoms with E-state index in [1.165, 1.54) is 0 Å². The van der Waals surface area contributed by atoms with Crippen LogP contribution < -0.4 is 5.32 Å². The van der Waals surface area contributed by atoms with Gasteiger partial charge in [-0.15, -0.1) is 0 Å². The Morgan fingerprint density at radius 3 is 2.52 bits per heavy atom. The molecular weight excluding hydrogens is 272 g/mol. The van der Waals surface area contributed by atoms with E-state index in [0.29, 0.717) is 45.0 Å². The number of carbonyl (C=O) groups excluding carboxylic acids is 2. The minimum Gasteiger partial charge on any atom is -0.450 e. The zero-order valence-electron chi connectivity index (χ0n) is 12.1. The molecule has 0 aliphatic carbocycles. The zero-order valence-corrected chi connectivity index (χ0v) is 12.1. The lowest BCUT2D eigenvalue weighted by molar-refractivity contribution is -0.134. The van der Waals surface area contributed by atoms with Crippen molar-refractivity contribution >= 4 is 17.7 Å². The molecule has 1 aromatic carbocycles. The average molecular weight is 292 g/mol. The van der Waals surface area contributed by atoms with E-state index in [4.69, 9.17) is 9.47 Å². The minimum absolute atomic E-state index is 0.101. The Morgan fingerprint density at radius 2 is 1.90 bits per heavy atom. The SMILES string of the molecule is CCOC(=O)Nc1ccc(CC(=O)N2CCOCC2)cc1. The first-order valence-corrected chi connectivity index (χ1v) is 7.07. The van der Waals surface area contributed by atoms with Crippen LogP contribution in [-0.4, -0.2) is 49.8 Å². The molecule has 6 nitrogen and oxygen atoms in total. The summed E-state index contributed by atoms with van der Waals surface area (Å²) in [5.74, 6) is 0.101. The van der Waals surface area contributed by atoms with Crippen LogP contribution in [0.15, 0.2) is 24.3 Å². The van der Waals surface area contributed by atoms with Crippen LogP contribution in [-0.2, 0) is 20.7 Å². The van der Waals surface area contributed by atoms with Crippen LogP contribution in [0.4, 0.5) is 10.5 Å². The maximum absolute atomic E-state index is 12.1. The highest BCUT2D eigenvalue weighted by Gasteiger charge is 2.16. The number of nitrogens with one attached hydrogen (secondary N) is 1. The Morgan fingerprint density at radius 1 is 1.24 bits per heavy atom. The smallest absolute Gasteiger partial charge is 0.411 e. The van der Waals surface area contributed by atoms with Gasteiger partial charge in [0, 0.05) is 18.8 Å². The Balaban J connectivity index is 1.86. The monoisotopic (exact) mass is 292 g/mol. The zero-order chi connectivity index (χ0) is 15.1. The van der Waals surface area contributed by atoms with Crippen LogP contribution in [0.1, 0.15) is 12.5 Å². The fourth-order valence-corrected chi connectivity index (χ4v) is 2.09. The number of hydrogen-bond acceptors (Lipinski definition) is 4. The first-order chi connectivity index (χ1) is 10.2. The maximum atomic E-state index is 12.1. The van der Waals surface area contributed by atoms with Gasteiger partial charge in [0.2, 0.25) is 5.91 Å². The van der Waals surface area contributed by atoms with Crippen LogP contribution in [0, 0.1) is 0 Å². The molecule has 0 spiro atoms. The van der Waals surface area contributed by atoms with Crippen LogP contribution >= 0.6 is 0 Å². The number of carbonyl (C=O) groups is 2. The Labute approximate surface area is 124 Å². The number of nitrogens with zero attached hydrogens (tertiary/aromatic N) is 1. The van der Waals surface area contributed by atoms with Gasteiger partial charge in [0.15, 0.2) is 0 Å². The predicted octanol–water partition coefficient (Wildman–Crippen LogP) is 1.66. The van der Waals surface area contributed by atoms with Crippen molar-refractivity contribution in [2.24, 2.45) is 0 Å². The van der Waals surface area contributed by atoms with Gasteiger partial charge in [-0.3, -0.25) is 10.1 Å². The molecule has 0 saturated carbocycles. The molecule has 114 valence electrons. The predicted molar refractivity (Wildman–Crippen MR) is 78.2 cm³/mol. The lowest BCUT2D eigenvalue weighted by atomic mass is 10.1. The number of amides is 2. The third-order valence-electron chi connectivity index (χ3n) is 3.19. The summed E-state index contributed by atoms with van der Waals surface area (Å²) in [5, 5.41) is 2.61. The lowest BCUT2D eigenvalue weighted by Crippen LogP contribution is -2.41. The van der Waals surface area contributed by atoms with Crippen molar-refractivity contribution < 1.29 is 19.1 Å². The van der Waals surface area contributed by atoms with Crippen LogP contribution in [0.5, 0.6) is 0 Å². The molecule has 1 saturated heterocycles. The van der Waals surface area contributed by atoms with E-state index in [-0.39, 0.29) is 5.91 Å². The molecule has 1 N–H and O–H groups in total. The van der Waals surface area contributed by atoms with Crippen LogP contribution in [0.2, 0.25) is 0 Å². The molecule has 0 unspecified atom stereocenters. The van der Waals surface area contributed by atoms with E-state index in [0.717, 1.165) is 5.56 Å². The maximum Gasteiger partial charge on any atom is 0.411 e. The first kappa shape index (κ1) is 15.3. The van der Waals surface area contributed by atoms with E-state index in [1.807, 2.05) is 17.0 Å². The Bertz CT molecular complexity index is 481. The molecular formula is C15H20N2O4. The third-order valence-corrected chi connectivity index (χ3v) is 3.19. The molecule has 1 aliphatic heterocycles. The summed E-state index contributed by atoms with van der Waals surface area (Å²) in [6.07, 6.45) is -0.116. The van der Waals surface area contributed by atoms with Gasteiger partial charge < -0.3 is 14.4 Å². The summed E-state index contributed by atoms with van der Waals surface area (Å²) in [7, 11) is 0. The number of morpholine rings is 1. The van der Waals surface area contributed by atoms with Gasteiger partial charge in [-0.2, -0.15) is 0 Å². The number of hydrogen-bond donors (Lipinski definition) is 1. The van der Waals surface area contributed by atoms with Crippen LogP contribution in [0.25, 0.3) is 0 Å². The van der Waals surface area contributed by atoms with Crippen molar-refractivity contribution in [3.8, 4) is 0 Å². The fraction of sp³-hybridized carbons (Fsp3) is 0.467. The first-order valence-electron chi connectivity index (χ1n) is 7.07. The Hall–Kier alpha value is -2.08. The molecule has 0 atom stereocenters. The largest absolute Gasteiger partial charge is 0.450 e. The lowest BCUT2D eigenvalue weighted by Gasteiger charge is -2.26. The van der Waals surface area contributed by atoms with E-state index in [9.17, 15) is 9.59 Å². The average Bonchev–Trinajstić information content (AvgIpc) is 2.50. The van der Waals surface area contributed by atoms with Crippen molar-refractivity contribution in [2.75, 3.05) is 38.2 Å².